The minimum Gasteiger partial charge on any atom is -0.871 e. The van der Waals surface area contributed by atoms with Gasteiger partial charge in [-0.3, -0.25) is 18.9 Å². The van der Waals surface area contributed by atoms with E-state index in [1.807, 2.05) is 13.8 Å². The summed E-state index contributed by atoms with van der Waals surface area (Å²) in [5.41, 5.74) is 0.250. The van der Waals surface area contributed by atoms with E-state index in [-0.39, 0.29) is 92.8 Å². The minimum atomic E-state index is -4.66. The predicted molar refractivity (Wildman–Crippen MR) is 284 cm³/mol. The summed E-state index contributed by atoms with van der Waals surface area (Å²) in [6.07, 6.45) is 0. The number of aromatic hydroxyl groups is 1. The van der Waals surface area contributed by atoms with Crippen molar-refractivity contribution in [2.45, 2.75) is 37.5 Å². The van der Waals surface area contributed by atoms with Gasteiger partial charge in [-0.1, -0.05) is 89.6 Å². The number of carbonyl (C=O) groups is 1. The third kappa shape index (κ3) is 13.6. The second kappa shape index (κ2) is 24.7. The van der Waals surface area contributed by atoms with Crippen molar-refractivity contribution in [1.82, 2.24) is 0 Å². The Morgan fingerprint density at radius 3 is 1.61 bits per heavy atom. The van der Waals surface area contributed by atoms with E-state index >= 15 is 0 Å². The van der Waals surface area contributed by atoms with Gasteiger partial charge < -0.3 is 30.1 Å². The number of ether oxygens (including phenoxy) is 2. The average molecular weight is 1120 g/mol. The number of carbonyl (C=O) groups excluding carboxylic acids is 1. The quantitative estimate of drug-likeness (QED) is 0.0260. The molecule has 0 spiro atoms. The summed E-state index contributed by atoms with van der Waals surface area (Å²) in [7, 11) is -9.31. The monoisotopic (exact) mass is 1120 g/mol. The molecular formula is C52H42CaCl2N6O12S2. The van der Waals surface area contributed by atoms with E-state index in [9.17, 15) is 46.1 Å². The first-order valence-electron chi connectivity index (χ1n) is 22.1. The second-order valence-corrected chi connectivity index (χ2v) is 19.4. The van der Waals surface area contributed by atoms with E-state index in [0.717, 1.165) is 12.1 Å². The molecule has 75 heavy (non-hydrogen) atoms. The number of benzene rings is 8. The Balaban J connectivity index is 0.000000241. The van der Waals surface area contributed by atoms with Gasteiger partial charge in [0.15, 0.2) is 5.75 Å². The molecule has 380 valence electrons. The Labute approximate surface area is 470 Å². The average Bonchev–Trinajstić information content (AvgIpc) is 3.35. The van der Waals surface area contributed by atoms with Gasteiger partial charge in [-0.05, 0) is 122 Å². The van der Waals surface area contributed by atoms with Crippen LogP contribution in [0, 0.1) is 13.8 Å². The van der Waals surface area contributed by atoms with Gasteiger partial charge in [-0.15, -0.1) is 15.3 Å². The van der Waals surface area contributed by atoms with Gasteiger partial charge >= 0.3 is 37.7 Å². The summed E-state index contributed by atoms with van der Waals surface area (Å²) in [5.74, 6) is -1.51. The van der Waals surface area contributed by atoms with Crippen LogP contribution < -0.4 is 25.0 Å². The number of rotatable bonds is 14. The topological polar surface area (TPSA) is 284 Å². The molecule has 0 aliphatic heterocycles. The first-order chi connectivity index (χ1) is 35.2. The van der Waals surface area contributed by atoms with Gasteiger partial charge in [0, 0.05) is 38.6 Å². The first-order valence-corrected chi connectivity index (χ1v) is 25.7. The molecule has 0 saturated carbocycles. The number of aliphatic imine (C=N–C) groups is 1. The smallest absolute Gasteiger partial charge is 0.871 e. The van der Waals surface area contributed by atoms with Crippen LogP contribution in [0.1, 0.15) is 40.9 Å². The third-order valence-electron chi connectivity index (χ3n) is 10.9. The largest absolute Gasteiger partial charge is 2.00 e. The van der Waals surface area contributed by atoms with Crippen LogP contribution in [-0.2, 0) is 20.2 Å². The molecule has 4 N–H and O–H groups in total. The van der Waals surface area contributed by atoms with E-state index in [0.29, 0.717) is 57.6 Å². The zero-order chi connectivity index (χ0) is 53.5. The number of phenols is 1. The van der Waals surface area contributed by atoms with E-state index in [1.165, 1.54) is 38.1 Å². The maximum absolute atomic E-state index is 13.4. The molecule has 0 unspecified atom stereocenters. The zero-order valence-corrected chi connectivity index (χ0v) is 45.5. The molecule has 0 bridgehead atoms. The molecule has 0 aliphatic rings. The van der Waals surface area contributed by atoms with Crippen LogP contribution in [0.25, 0.3) is 21.5 Å². The van der Waals surface area contributed by atoms with Crippen molar-refractivity contribution in [3.8, 4) is 23.0 Å². The van der Waals surface area contributed by atoms with Gasteiger partial charge in [0.25, 0.3) is 26.1 Å². The minimum absolute atomic E-state index is 0. The molecule has 1 amide bonds. The summed E-state index contributed by atoms with van der Waals surface area (Å²) in [4.78, 5) is 16.2. The van der Waals surface area contributed by atoms with Gasteiger partial charge in [-0.2, -0.15) is 21.9 Å². The number of nitrogens with one attached hydrogen (secondary N) is 1. The van der Waals surface area contributed by atoms with Crippen LogP contribution in [0.5, 0.6) is 23.0 Å². The van der Waals surface area contributed by atoms with Crippen LogP contribution in [0.15, 0.2) is 169 Å². The summed E-state index contributed by atoms with van der Waals surface area (Å²) in [6.45, 7) is 7.58. The second-order valence-electron chi connectivity index (χ2n) is 15.8. The molecule has 0 aromatic heterocycles. The van der Waals surface area contributed by atoms with Gasteiger partial charge in [0.05, 0.1) is 30.2 Å². The summed E-state index contributed by atoms with van der Waals surface area (Å²) >= 11 is 12.2. The maximum Gasteiger partial charge on any atom is 2.00 e. The van der Waals surface area contributed by atoms with Gasteiger partial charge in [-0.25, -0.2) is 0 Å². The number of halogens is 2. The molecular weight excluding hydrogens is 1080 g/mol. The van der Waals surface area contributed by atoms with Gasteiger partial charge in [0.2, 0.25) is 0 Å². The zero-order valence-electron chi connectivity index (χ0n) is 40.1. The molecule has 0 saturated heterocycles. The van der Waals surface area contributed by atoms with E-state index in [1.54, 1.807) is 97.1 Å². The molecule has 18 nitrogen and oxygen atoms in total. The normalized spacial score (nSPS) is 11.9. The number of azo groups is 2. The van der Waals surface area contributed by atoms with E-state index in [4.69, 9.17) is 32.7 Å². The summed E-state index contributed by atoms with van der Waals surface area (Å²) in [6, 6.07) is 34.7. The van der Waals surface area contributed by atoms with Crippen LogP contribution in [0.3, 0.4) is 0 Å². The molecule has 8 rings (SSSR count). The molecule has 8 aromatic carbocycles. The standard InChI is InChI=1S/2C26H22ClN3O6S.Ca/c2*1-3-36-18-9-6-8-17(14-18)28-26(32)20-13-16-7-4-5-10-19(16)24(25(20)31)30-29-23-15(2)21(27)11-12-22(23)37(33,34)35;/h2*4-14,31H,3H2,1-2H3,(H,28,32)(H,33,34,35);/q;;+2/p-2. The van der Waals surface area contributed by atoms with Crippen LogP contribution in [0.2, 0.25) is 10.0 Å². The third-order valence-corrected chi connectivity index (χ3v) is 13.5. The number of amides is 1. The number of hydrogen-bond acceptors (Lipinski definition) is 15. The number of hydrogen-bond donors (Lipinski definition) is 4. The van der Waals surface area contributed by atoms with E-state index < -0.39 is 53.3 Å². The Hall–Kier alpha value is -6.72. The summed E-state index contributed by atoms with van der Waals surface area (Å²) in [5, 5.41) is 58.7. The fraction of sp³-hybridized carbons (Fsp3) is 0.115. The summed E-state index contributed by atoms with van der Waals surface area (Å²) < 4.78 is 77.7. The fourth-order valence-corrected chi connectivity index (χ4v) is 9.00. The Morgan fingerprint density at radius 1 is 0.613 bits per heavy atom. The SMILES string of the molecule is CCOc1cccc(N=C([O-])c2cc3ccccc3c(N=Nc3c(S(=O)(=O)O)ccc(Cl)c3C)c2[O-])c1.CCOc1cccc(NC(=O)c2cc3ccccc3c(N=Nc3c(S(=O)(=O)O)ccc(Cl)c3C)c2O)c1.[Ca+2]. The molecule has 0 heterocycles. The number of nitrogens with zero attached hydrogens (tertiary/aromatic N) is 5. The fourth-order valence-electron chi connectivity index (χ4n) is 7.34. The van der Waals surface area contributed by atoms with Crippen molar-refractivity contribution in [1.29, 1.82) is 0 Å². The van der Waals surface area contributed by atoms with E-state index in [2.05, 4.69) is 30.8 Å². The van der Waals surface area contributed by atoms with Crippen LogP contribution >= 0.6 is 23.2 Å². The molecule has 23 heteroatoms. The molecule has 8 aromatic rings. The number of anilines is 1. The van der Waals surface area contributed by atoms with Crippen molar-refractivity contribution in [3.63, 3.8) is 0 Å². The van der Waals surface area contributed by atoms with Crippen LogP contribution in [0.4, 0.5) is 34.1 Å². The van der Waals surface area contributed by atoms with Crippen molar-refractivity contribution in [2.75, 3.05) is 18.5 Å². The number of fused-ring (bicyclic) bond motifs is 2. The van der Waals surface area contributed by atoms with Crippen molar-refractivity contribution in [3.05, 3.63) is 166 Å². The molecule has 0 aliphatic carbocycles. The molecule has 0 fully saturated rings. The Bertz CT molecular complexity index is 3830. The number of phenolic OH excluding ortho intramolecular Hbond substituents is 1. The van der Waals surface area contributed by atoms with Gasteiger partial charge in [0.1, 0.15) is 38.4 Å². The van der Waals surface area contributed by atoms with Crippen molar-refractivity contribution >= 4 is 149 Å². The Kier molecular flexibility index (Phi) is 19.0. The van der Waals surface area contributed by atoms with Crippen molar-refractivity contribution < 1.29 is 55.5 Å². The molecule has 0 atom stereocenters. The Morgan fingerprint density at radius 2 is 1.08 bits per heavy atom. The maximum atomic E-state index is 13.4. The van der Waals surface area contributed by atoms with Crippen LogP contribution in [-0.4, -0.2) is 93.8 Å². The van der Waals surface area contributed by atoms with Crippen molar-refractivity contribution in [2.24, 2.45) is 25.4 Å². The predicted octanol–water partition coefficient (Wildman–Crippen LogP) is 11.8. The first kappa shape index (κ1) is 57.6. The molecule has 0 radical (unpaired) electrons.